The van der Waals surface area contributed by atoms with Gasteiger partial charge in [-0.25, -0.2) is 9.07 Å². The van der Waals surface area contributed by atoms with Gasteiger partial charge in [-0.2, -0.15) is 5.10 Å². The van der Waals surface area contributed by atoms with Crippen molar-refractivity contribution in [3.8, 4) is 17.2 Å². The number of hydrogen-bond acceptors (Lipinski definition) is 4. The Kier molecular flexibility index (Phi) is 4.88. The van der Waals surface area contributed by atoms with Gasteiger partial charge in [-0.3, -0.25) is 4.79 Å². The Bertz CT molecular complexity index is 953. The molecule has 0 saturated heterocycles. The van der Waals surface area contributed by atoms with Gasteiger partial charge in [-0.05, 0) is 31.2 Å². The summed E-state index contributed by atoms with van der Waals surface area (Å²) >= 11 is 0. The van der Waals surface area contributed by atoms with Gasteiger partial charge in [0, 0.05) is 11.8 Å². The SMILES string of the molecule is COc1ccc(NC(=O)c2cnn(-c3ccccc3F)c2C)cc1OC. The van der Waals surface area contributed by atoms with Gasteiger partial charge in [0.25, 0.3) is 5.91 Å². The number of para-hydroxylation sites is 1. The molecule has 0 spiro atoms. The second-order valence-corrected chi connectivity index (χ2v) is 5.53. The summed E-state index contributed by atoms with van der Waals surface area (Å²) < 4.78 is 25.8. The first-order chi connectivity index (χ1) is 12.5. The van der Waals surface area contributed by atoms with Crippen LogP contribution in [0.5, 0.6) is 11.5 Å². The van der Waals surface area contributed by atoms with E-state index in [1.807, 2.05) is 0 Å². The first-order valence-electron chi connectivity index (χ1n) is 7.88. The number of ether oxygens (including phenoxy) is 2. The van der Waals surface area contributed by atoms with Crippen LogP contribution < -0.4 is 14.8 Å². The minimum absolute atomic E-state index is 0.287. The Hall–Kier alpha value is -3.35. The summed E-state index contributed by atoms with van der Waals surface area (Å²) in [6, 6.07) is 11.3. The zero-order valence-corrected chi connectivity index (χ0v) is 14.6. The minimum atomic E-state index is -0.412. The number of rotatable bonds is 5. The van der Waals surface area contributed by atoms with E-state index in [-0.39, 0.29) is 11.6 Å². The first kappa shape index (κ1) is 17.5. The molecule has 0 saturated carbocycles. The molecule has 3 rings (SSSR count). The lowest BCUT2D eigenvalue weighted by Gasteiger charge is -2.11. The largest absolute Gasteiger partial charge is 0.493 e. The molecule has 1 aromatic heterocycles. The number of methoxy groups -OCH3 is 2. The summed E-state index contributed by atoms with van der Waals surface area (Å²) in [6.07, 6.45) is 1.41. The van der Waals surface area contributed by atoms with Crippen LogP contribution in [0.15, 0.2) is 48.7 Å². The second-order valence-electron chi connectivity index (χ2n) is 5.53. The molecular weight excluding hydrogens is 337 g/mol. The summed E-state index contributed by atoms with van der Waals surface area (Å²) in [4.78, 5) is 12.6. The van der Waals surface area contributed by atoms with E-state index >= 15 is 0 Å². The summed E-state index contributed by atoms with van der Waals surface area (Å²) in [6.45, 7) is 1.71. The van der Waals surface area contributed by atoms with Gasteiger partial charge in [-0.1, -0.05) is 12.1 Å². The number of amides is 1. The summed E-state index contributed by atoms with van der Waals surface area (Å²) in [7, 11) is 3.06. The Balaban J connectivity index is 1.87. The van der Waals surface area contributed by atoms with E-state index in [0.29, 0.717) is 28.4 Å². The topological polar surface area (TPSA) is 65.4 Å². The summed E-state index contributed by atoms with van der Waals surface area (Å²) in [5.41, 5.74) is 1.72. The molecule has 7 heteroatoms. The molecule has 0 aliphatic heterocycles. The molecule has 0 unspecified atom stereocenters. The third-order valence-electron chi connectivity index (χ3n) is 3.98. The van der Waals surface area contributed by atoms with E-state index in [0.717, 1.165) is 0 Å². The molecule has 1 amide bonds. The predicted octanol–water partition coefficient (Wildman–Crippen LogP) is 3.59. The van der Waals surface area contributed by atoms with Crippen LogP contribution in [0.4, 0.5) is 10.1 Å². The molecule has 0 bridgehead atoms. The Morgan fingerprint density at radius 2 is 1.85 bits per heavy atom. The van der Waals surface area contributed by atoms with Crippen molar-refractivity contribution in [2.75, 3.05) is 19.5 Å². The van der Waals surface area contributed by atoms with Gasteiger partial charge < -0.3 is 14.8 Å². The van der Waals surface area contributed by atoms with Crippen molar-refractivity contribution in [1.29, 1.82) is 0 Å². The molecule has 0 aliphatic carbocycles. The smallest absolute Gasteiger partial charge is 0.259 e. The maximum atomic E-state index is 14.0. The fourth-order valence-corrected chi connectivity index (χ4v) is 2.61. The quantitative estimate of drug-likeness (QED) is 0.760. The zero-order chi connectivity index (χ0) is 18.7. The van der Waals surface area contributed by atoms with E-state index in [9.17, 15) is 9.18 Å². The number of hydrogen-bond donors (Lipinski definition) is 1. The van der Waals surface area contributed by atoms with Crippen LogP contribution in [-0.4, -0.2) is 29.9 Å². The van der Waals surface area contributed by atoms with Crippen molar-refractivity contribution in [2.24, 2.45) is 0 Å². The van der Waals surface area contributed by atoms with Crippen LogP contribution in [0.2, 0.25) is 0 Å². The Morgan fingerprint density at radius 1 is 1.12 bits per heavy atom. The van der Waals surface area contributed by atoms with Crippen LogP contribution in [0.25, 0.3) is 5.69 Å². The first-order valence-corrected chi connectivity index (χ1v) is 7.88. The number of carbonyl (C=O) groups excluding carboxylic acids is 1. The zero-order valence-electron chi connectivity index (χ0n) is 14.6. The fourth-order valence-electron chi connectivity index (χ4n) is 2.61. The minimum Gasteiger partial charge on any atom is -0.493 e. The number of nitrogens with one attached hydrogen (secondary N) is 1. The molecule has 134 valence electrons. The third kappa shape index (κ3) is 3.23. The number of benzene rings is 2. The molecule has 0 aliphatic rings. The van der Waals surface area contributed by atoms with Crippen LogP contribution in [0, 0.1) is 12.7 Å². The molecule has 3 aromatic rings. The normalized spacial score (nSPS) is 10.5. The van der Waals surface area contributed by atoms with Gasteiger partial charge in [0.1, 0.15) is 11.5 Å². The van der Waals surface area contributed by atoms with E-state index in [1.54, 1.807) is 43.3 Å². The maximum absolute atomic E-state index is 14.0. The van der Waals surface area contributed by atoms with Crippen LogP contribution in [0.1, 0.15) is 16.1 Å². The van der Waals surface area contributed by atoms with Gasteiger partial charge in [0.05, 0.1) is 31.7 Å². The lowest BCUT2D eigenvalue weighted by Crippen LogP contribution is -2.13. The highest BCUT2D eigenvalue weighted by molar-refractivity contribution is 6.05. The van der Waals surface area contributed by atoms with E-state index in [1.165, 1.54) is 31.2 Å². The summed E-state index contributed by atoms with van der Waals surface area (Å²) in [5.74, 6) is 0.306. The Labute approximate surface area is 150 Å². The molecule has 0 fully saturated rings. The van der Waals surface area contributed by atoms with Gasteiger partial charge in [0.2, 0.25) is 0 Å². The van der Waals surface area contributed by atoms with E-state index < -0.39 is 5.82 Å². The van der Waals surface area contributed by atoms with Crippen molar-refractivity contribution in [1.82, 2.24) is 9.78 Å². The number of aromatic nitrogens is 2. The number of halogens is 1. The maximum Gasteiger partial charge on any atom is 0.259 e. The molecule has 0 radical (unpaired) electrons. The molecule has 0 atom stereocenters. The highest BCUT2D eigenvalue weighted by Crippen LogP contribution is 2.30. The van der Waals surface area contributed by atoms with Gasteiger partial charge in [-0.15, -0.1) is 0 Å². The van der Waals surface area contributed by atoms with Crippen molar-refractivity contribution < 1.29 is 18.7 Å². The molecule has 26 heavy (non-hydrogen) atoms. The van der Waals surface area contributed by atoms with E-state index in [2.05, 4.69) is 10.4 Å². The highest BCUT2D eigenvalue weighted by atomic mass is 19.1. The molecule has 6 nitrogen and oxygen atoms in total. The second kappa shape index (κ2) is 7.26. The van der Waals surface area contributed by atoms with Crippen LogP contribution in [0.3, 0.4) is 0 Å². The molecule has 1 N–H and O–H groups in total. The fraction of sp³-hybridized carbons (Fsp3) is 0.158. The van der Waals surface area contributed by atoms with Gasteiger partial charge in [0.15, 0.2) is 11.5 Å². The van der Waals surface area contributed by atoms with Crippen molar-refractivity contribution >= 4 is 11.6 Å². The van der Waals surface area contributed by atoms with Crippen LogP contribution in [-0.2, 0) is 0 Å². The molecular formula is C19H18FN3O3. The third-order valence-corrected chi connectivity index (χ3v) is 3.98. The lowest BCUT2D eigenvalue weighted by molar-refractivity contribution is 0.102. The highest BCUT2D eigenvalue weighted by Gasteiger charge is 2.17. The van der Waals surface area contributed by atoms with E-state index in [4.69, 9.17) is 9.47 Å². The number of carbonyl (C=O) groups is 1. The van der Waals surface area contributed by atoms with Crippen molar-refractivity contribution in [2.45, 2.75) is 6.92 Å². The predicted molar refractivity (Wildman–Crippen MR) is 95.8 cm³/mol. The van der Waals surface area contributed by atoms with Crippen LogP contribution >= 0.6 is 0 Å². The Morgan fingerprint density at radius 3 is 2.54 bits per heavy atom. The van der Waals surface area contributed by atoms with Gasteiger partial charge >= 0.3 is 0 Å². The standard InChI is InChI=1S/C19H18FN3O3/c1-12-14(11-21-23(12)16-7-5-4-6-15(16)20)19(24)22-13-8-9-17(25-2)18(10-13)26-3/h4-11H,1-3H3,(H,22,24). The average Bonchev–Trinajstić information content (AvgIpc) is 3.03. The van der Waals surface area contributed by atoms with Crippen molar-refractivity contribution in [3.63, 3.8) is 0 Å². The summed E-state index contributed by atoms with van der Waals surface area (Å²) in [5, 5.41) is 6.92. The average molecular weight is 355 g/mol. The monoisotopic (exact) mass is 355 g/mol. The molecule has 2 aromatic carbocycles. The number of anilines is 1. The lowest BCUT2D eigenvalue weighted by atomic mass is 10.2. The number of nitrogens with zero attached hydrogens (tertiary/aromatic N) is 2. The van der Waals surface area contributed by atoms with Crippen molar-refractivity contribution in [3.05, 3.63) is 65.7 Å². The molecule has 1 heterocycles.